The van der Waals surface area contributed by atoms with E-state index in [4.69, 9.17) is 15.0 Å². The lowest BCUT2D eigenvalue weighted by molar-refractivity contribution is -0.144. The molecule has 2 heterocycles. The molecule has 0 fully saturated rings. The Kier molecular flexibility index (Phi) is 12.1. The van der Waals surface area contributed by atoms with Crippen molar-refractivity contribution in [3.05, 3.63) is 204 Å². The number of halogens is 15. The topological polar surface area (TPSA) is 43.6 Å². The summed E-state index contributed by atoms with van der Waals surface area (Å²) in [5.74, 6) is 0.281. The van der Waals surface area contributed by atoms with Crippen LogP contribution >= 0.6 is 0 Å². The first-order chi connectivity index (χ1) is 35.3. The molecule has 378 valence electrons. The van der Waals surface area contributed by atoms with Crippen LogP contribution in [0.3, 0.4) is 0 Å². The van der Waals surface area contributed by atoms with E-state index in [2.05, 4.69) is 0 Å². The van der Waals surface area contributed by atoms with Gasteiger partial charge in [0, 0.05) is 27.5 Å². The van der Waals surface area contributed by atoms with Crippen LogP contribution in [0.5, 0.6) is 0 Å². The number of alkyl halides is 15. The predicted octanol–water partition coefficient (Wildman–Crippen LogP) is 18.1. The van der Waals surface area contributed by atoms with Gasteiger partial charge in [0.15, 0.2) is 17.5 Å². The second kappa shape index (κ2) is 18.2. The van der Waals surface area contributed by atoms with Gasteiger partial charge < -0.3 is 4.57 Å². The SMILES string of the molecule is FC(F)(F)c1cc(-c2ccc3c(c2)c2cc(-c4cc(C(F)(F)F)cc(C(F)(F)F)c4)ccc2n3-c2cc(-c3ccccc3C(F)(F)F)ccc2-c2nc(-c3ccccc3)nc(-c3ccccc3)n2)cc(C(F)(F)F)c1. The predicted molar refractivity (Wildman–Crippen MR) is 252 cm³/mol. The molecule has 8 aromatic carbocycles. The third-order valence-corrected chi connectivity index (χ3v) is 12.3. The number of nitrogens with zero attached hydrogens (tertiary/aromatic N) is 4. The van der Waals surface area contributed by atoms with Gasteiger partial charge in [-0.2, -0.15) is 65.9 Å². The molecule has 75 heavy (non-hydrogen) atoms. The summed E-state index contributed by atoms with van der Waals surface area (Å²) in [5.41, 5.74) is -8.14. The Morgan fingerprint density at radius 3 is 1.08 bits per heavy atom. The number of aromatic nitrogens is 4. The van der Waals surface area contributed by atoms with Crippen molar-refractivity contribution >= 4 is 21.8 Å². The van der Waals surface area contributed by atoms with E-state index in [9.17, 15) is 65.9 Å². The summed E-state index contributed by atoms with van der Waals surface area (Å²) in [6.07, 6.45) is -25.9. The van der Waals surface area contributed by atoms with E-state index in [0.29, 0.717) is 35.4 Å². The summed E-state index contributed by atoms with van der Waals surface area (Å²) in [4.78, 5) is 14.4. The van der Waals surface area contributed by atoms with E-state index in [0.717, 1.165) is 6.07 Å². The van der Waals surface area contributed by atoms with Crippen molar-refractivity contribution in [1.29, 1.82) is 0 Å². The second-order valence-electron chi connectivity index (χ2n) is 17.2. The number of hydrogen-bond acceptors (Lipinski definition) is 3. The maximum atomic E-state index is 14.7. The molecule has 0 atom stereocenters. The first-order valence-electron chi connectivity index (χ1n) is 22.2. The molecule has 0 saturated carbocycles. The average Bonchev–Trinajstić information content (AvgIpc) is 3.71. The van der Waals surface area contributed by atoms with Gasteiger partial charge in [-0.3, -0.25) is 0 Å². The van der Waals surface area contributed by atoms with Crippen molar-refractivity contribution < 1.29 is 65.9 Å². The van der Waals surface area contributed by atoms with Crippen LogP contribution in [0.1, 0.15) is 27.8 Å². The molecule has 0 aliphatic heterocycles. The third-order valence-electron chi connectivity index (χ3n) is 12.3. The molecule has 2 aromatic heterocycles. The van der Waals surface area contributed by atoms with E-state index >= 15 is 0 Å². The van der Waals surface area contributed by atoms with Crippen LogP contribution in [0.2, 0.25) is 0 Å². The van der Waals surface area contributed by atoms with Crippen LogP contribution < -0.4 is 0 Å². The summed E-state index contributed by atoms with van der Waals surface area (Å²) in [6, 6.07) is 35.4. The van der Waals surface area contributed by atoms with E-state index in [1.807, 2.05) is 0 Å². The summed E-state index contributed by atoms with van der Waals surface area (Å²) >= 11 is 0. The first kappa shape index (κ1) is 50.1. The standard InChI is InChI=1S/C56H29F15N4/c57-52(58,59)37-21-35(22-38(28-37)53(60,61)62)32-16-19-46-43(25-32)44-26-33(36-23-39(54(63,64)65)29-40(24-36)55(66,67)68)17-20-47(44)75(46)48-27-34(41-13-7-8-14-45(41)56(69,70)71)15-18-42(48)51-73-49(30-9-3-1-4-10-30)72-50(74-51)31-11-5-2-6-12-31/h1-29H. The summed E-state index contributed by atoms with van der Waals surface area (Å²) < 4.78 is 216. The minimum atomic E-state index is -5.26. The fourth-order valence-electron chi connectivity index (χ4n) is 8.87. The zero-order valence-electron chi connectivity index (χ0n) is 37.7. The van der Waals surface area contributed by atoms with Crippen molar-refractivity contribution in [3.8, 4) is 73.2 Å². The number of fused-ring (bicyclic) bond motifs is 3. The largest absolute Gasteiger partial charge is 0.417 e. The maximum absolute atomic E-state index is 14.7. The fraction of sp³-hybridized carbons (Fsp3) is 0.0893. The molecule has 0 unspecified atom stereocenters. The molecular formula is C56H29F15N4. The highest BCUT2D eigenvalue weighted by atomic mass is 19.4. The highest BCUT2D eigenvalue weighted by Gasteiger charge is 2.39. The first-order valence-corrected chi connectivity index (χ1v) is 22.2. The average molecular weight is 1040 g/mol. The molecule has 10 rings (SSSR count). The Labute approximate surface area is 414 Å². The Bertz CT molecular complexity index is 3560. The van der Waals surface area contributed by atoms with E-state index in [1.165, 1.54) is 77.4 Å². The van der Waals surface area contributed by atoms with Gasteiger partial charge in [0.25, 0.3) is 0 Å². The van der Waals surface area contributed by atoms with Crippen molar-refractivity contribution in [3.63, 3.8) is 0 Å². The van der Waals surface area contributed by atoms with Gasteiger partial charge >= 0.3 is 30.9 Å². The zero-order chi connectivity index (χ0) is 53.4. The van der Waals surface area contributed by atoms with E-state index in [-0.39, 0.29) is 84.9 Å². The molecular weight excluding hydrogens is 1010 g/mol. The maximum Gasteiger partial charge on any atom is 0.417 e. The smallest absolute Gasteiger partial charge is 0.308 e. The molecule has 0 N–H and O–H groups in total. The van der Waals surface area contributed by atoms with Gasteiger partial charge in [0.05, 0.1) is 44.5 Å². The molecule has 0 aliphatic carbocycles. The second-order valence-corrected chi connectivity index (χ2v) is 17.2. The van der Waals surface area contributed by atoms with Crippen molar-refractivity contribution in [2.24, 2.45) is 0 Å². The summed E-state index contributed by atoms with van der Waals surface area (Å²) in [5, 5.41) is -0.00744. The highest BCUT2D eigenvalue weighted by molar-refractivity contribution is 6.12. The van der Waals surface area contributed by atoms with Crippen LogP contribution in [0.25, 0.3) is 95.0 Å². The lowest BCUT2D eigenvalue weighted by atomic mass is 9.96. The van der Waals surface area contributed by atoms with Crippen molar-refractivity contribution in [1.82, 2.24) is 19.5 Å². The van der Waals surface area contributed by atoms with Gasteiger partial charge in [0.1, 0.15) is 0 Å². The molecule has 4 nitrogen and oxygen atoms in total. The van der Waals surface area contributed by atoms with Crippen molar-refractivity contribution in [2.75, 3.05) is 0 Å². The van der Waals surface area contributed by atoms with Crippen LogP contribution in [0, 0.1) is 0 Å². The summed E-state index contributed by atoms with van der Waals surface area (Å²) in [7, 11) is 0. The van der Waals surface area contributed by atoms with Gasteiger partial charge in [0.2, 0.25) is 0 Å². The van der Waals surface area contributed by atoms with Crippen LogP contribution in [0.15, 0.2) is 176 Å². The van der Waals surface area contributed by atoms with E-state index in [1.54, 1.807) is 60.7 Å². The van der Waals surface area contributed by atoms with Gasteiger partial charge in [-0.15, -0.1) is 0 Å². The highest BCUT2D eigenvalue weighted by Crippen LogP contribution is 2.46. The Balaban J connectivity index is 1.32. The number of rotatable bonds is 7. The van der Waals surface area contributed by atoms with Crippen molar-refractivity contribution in [2.45, 2.75) is 30.9 Å². The summed E-state index contributed by atoms with van der Waals surface area (Å²) in [6.45, 7) is 0. The van der Waals surface area contributed by atoms with Crippen LogP contribution in [-0.4, -0.2) is 19.5 Å². The molecule has 10 aromatic rings. The monoisotopic (exact) mass is 1040 g/mol. The molecule has 0 spiro atoms. The minimum absolute atomic E-state index is 0.00372. The minimum Gasteiger partial charge on any atom is -0.308 e. The van der Waals surface area contributed by atoms with Crippen LogP contribution in [-0.2, 0) is 30.9 Å². The van der Waals surface area contributed by atoms with Gasteiger partial charge in [-0.05, 0) is 112 Å². The molecule has 0 aliphatic rings. The zero-order valence-corrected chi connectivity index (χ0v) is 37.7. The number of hydrogen-bond donors (Lipinski definition) is 0. The lowest BCUT2D eigenvalue weighted by Gasteiger charge is -2.18. The quantitative estimate of drug-likeness (QED) is 0.149. The lowest BCUT2D eigenvalue weighted by Crippen LogP contribution is -2.11. The molecule has 19 heteroatoms. The van der Waals surface area contributed by atoms with Crippen LogP contribution in [0.4, 0.5) is 65.9 Å². The Morgan fingerprint density at radius 2 is 0.667 bits per heavy atom. The normalized spacial score (nSPS) is 12.7. The number of benzene rings is 8. The molecule has 0 saturated heterocycles. The Hall–Kier alpha value is -8.48. The fourth-order valence-corrected chi connectivity index (χ4v) is 8.87. The van der Waals surface area contributed by atoms with Gasteiger partial charge in [-0.1, -0.05) is 97.1 Å². The molecule has 0 amide bonds. The van der Waals surface area contributed by atoms with Gasteiger partial charge in [-0.25, -0.2) is 15.0 Å². The molecule has 0 radical (unpaired) electrons. The van der Waals surface area contributed by atoms with E-state index < -0.39 is 69.8 Å². The molecule has 0 bridgehead atoms. The Morgan fingerprint density at radius 1 is 0.280 bits per heavy atom. The third kappa shape index (κ3) is 9.89.